The summed E-state index contributed by atoms with van der Waals surface area (Å²) in [6.45, 7) is 0. The Morgan fingerprint density at radius 2 is 1.70 bits per heavy atom. The van der Waals surface area contributed by atoms with Crippen LogP contribution in [0.5, 0.6) is 0 Å². The first-order valence-corrected chi connectivity index (χ1v) is 7.86. The van der Waals surface area contributed by atoms with E-state index >= 15 is 0 Å². The van der Waals surface area contributed by atoms with E-state index in [1.165, 1.54) is 0 Å². The molecule has 0 bridgehead atoms. The van der Waals surface area contributed by atoms with Crippen LogP contribution < -0.4 is 5.73 Å². The van der Waals surface area contributed by atoms with Crippen molar-refractivity contribution in [2.24, 2.45) is 5.73 Å². The van der Waals surface area contributed by atoms with Crippen LogP contribution in [0.4, 0.5) is 0 Å². The molecule has 1 aliphatic carbocycles. The summed E-state index contributed by atoms with van der Waals surface area (Å²) in [7, 11) is 0. The van der Waals surface area contributed by atoms with Gasteiger partial charge in [0, 0.05) is 28.2 Å². The van der Waals surface area contributed by atoms with Crippen molar-refractivity contribution in [2.45, 2.75) is 37.6 Å². The van der Waals surface area contributed by atoms with Crippen molar-refractivity contribution in [3.8, 4) is 11.3 Å². The maximum atomic E-state index is 5.96. The predicted molar refractivity (Wildman–Crippen MR) is 84.4 cm³/mol. The van der Waals surface area contributed by atoms with E-state index in [-0.39, 0.29) is 0 Å². The second kappa shape index (κ2) is 6.02. The van der Waals surface area contributed by atoms with E-state index in [2.05, 4.69) is 33.0 Å². The monoisotopic (exact) mass is 331 g/mol. The van der Waals surface area contributed by atoms with Crippen LogP contribution >= 0.6 is 15.9 Å². The fraction of sp³-hybridized carbons (Fsp3) is 0.375. The molecule has 0 radical (unpaired) electrons. The Morgan fingerprint density at radius 3 is 2.40 bits per heavy atom. The summed E-state index contributed by atoms with van der Waals surface area (Å²) >= 11 is 3.46. The maximum absolute atomic E-state index is 5.96. The Kier molecular flexibility index (Phi) is 4.13. The van der Waals surface area contributed by atoms with Gasteiger partial charge in [0.25, 0.3) is 0 Å². The number of nitrogens with zero attached hydrogens (tertiary/aromatic N) is 2. The second-order valence-electron chi connectivity index (χ2n) is 5.42. The number of hydrogen-bond acceptors (Lipinski definition) is 3. The van der Waals surface area contributed by atoms with E-state index in [1.54, 1.807) is 0 Å². The Morgan fingerprint density at radius 1 is 1.00 bits per heavy atom. The summed E-state index contributed by atoms with van der Waals surface area (Å²) < 4.78 is 1.08. The van der Waals surface area contributed by atoms with Gasteiger partial charge in [0.2, 0.25) is 0 Å². The molecule has 1 aliphatic rings. The average molecular weight is 332 g/mol. The van der Waals surface area contributed by atoms with Crippen LogP contribution in [0.15, 0.2) is 41.0 Å². The summed E-state index contributed by atoms with van der Waals surface area (Å²) in [5, 5.41) is 0. The van der Waals surface area contributed by atoms with Gasteiger partial charge in [-0.15, -0.1) is 0 Å². The van der Waals surface area contributed by atoms with Crippen molar-refractivity contribution in [3.63, 3.8) is 0 Å². The molecular weight excluding hydrogens is 314 g/mol. The first-order valence-electron chi connectivity index (χ1n) is 7.07. The van der Waals surface area contributed by atoms with Crippen LogP contribution in [0.1, 0.15) is 37.4 Å². The Balaban J connectivity index is 1.84. The third-order valence-electron chi connectivity index (χ3n) is 3.95. The SMILES string of the molecule is NC1CCC(c2nccc(-c3ccc(Br)cc3)n2)CC1. The van der Waals surface area contributed by atoms with Gasteiger partial charge in [0.15, 0.2) is 0 Å². The normalized spacial score (nSPS) is 22.7. The summed E-state index contributed by atoms with van der Waals surface area (Å²) in [5.41, 5.74) is 8.09. The van der Waals surface area contributed by atoms with Gasteiger partial charge in [0.05, 0.1) is 5.69 Å². The molecule has 0 atom stereocenters. The minimum atomic E-state index is 0.362. The zero-order chi connectivity index (χ0) is 13.9. The zero-order valence-corrected chi connectivity index (χ0v) is 12.9. The molecule has 3 nitrogen and oxygen atoms in total. The van der Waals surface area contributed by atoms with E-state index in [4.69, 9.17) is 10.7 Å². The molecule has 2 aromatic rings. The minimum absolute atomic E-state index is 0.362. The second-order valence-corrected chi connectivity index (χ2v) is 6.33. The fourth-order valence-electron chi connectivity index (χ4n) is 2.73. The number of aromatic nitrogens is 2. The highest BCUT2D eigenvalue weighted by atomic mass is 79.9. The lowest BCUT2D eigenvalue weighted by Gasteiger charge is -2.25. The van der Waals surface area contributed by atoms with Crippen molar-refractivity contribution in [1.82, 2.24) is 9.97 Å². The van der Waals surface area contributed by atoms with E-state index < -0.39 is 0 Å². The number of nitrogens with two attached hydrogens (primary N) is 1. The van der Waals surface area contributed by atoms with E-state index in [1.807, 2.05) is 24.4 Å². The summed E-state index contributed by atoms with van der Waals surface area (Å²) in [5.74, 6) is 1.43. The molecule has 1 fully saturated rings. The van der Waals surface area contributed by atoms with E-state index in [0.717, 1.165) is 47.2 Å². The van der Waals surface area contributed by atoms with Gasteiger partial charge in [-0.25, -0.2) is 9.97 Å². The first-order chi connectivity index (χ1) is 9.72. The molecule has 1 aromatic heterocycles. The van der Waals surface area contributed by atoms with Crippen molar-refractivity contribution in [3.05, 3.63) is 46.8 Å². The lowest BCUT2D eigenvalue weighted by atomic mass is 9.86. The highest BCUT2D eigenvalue weighted by molar-refractivity contribution is 9.10. The Hall–Kier alpha value is -1.26. The topological polar surface area (TPSA) is 51.8 Å². The lowest BCUT2D eigenvalue weighted by molar-refractivity contribution is 0.385. The number of halogens is 1. The van der Waals surface area contributed by atoms with Gasteiger partial charge < -0.3 is 5.73 Å². The zero-order valence-electron chi connectivity index (χ0n) is 11.3. The van der Waals surface area contributed by atoms with Gasteiger partial charge in [-0.2, -0.15) is 0 Å². The molecule has 3 rings (SSSR count). The van der Waals surface area contributed by atoms with Crippen molar-refractivity contribution < 1.29 is 0 Å². The highest BCUT2D eigenvalue weighted by Crippen LogP contribution is 2.31. The predicted octanol–water partition coefficient (Wildman–Crippen LogP) is 3.89. The number of hydrogen-bond donors (Lipinski definition) is 1. The van der Waals surface area contributed by atoms with Crippen LogP contribution in [-0.2, 0) is 0 Å². The molecule has 104 valence electrons. The van der Waals surface area contributed by atoms with Crippen LogP contribution in [0.25, 0.3) is 11.3 Å². The summed E-state index contributed by atoms with van der Waals surface area (Å²) in [6, 6.07) is 10.6. The molecule has 1 saturated carbocycles. The molecule has 0 unspecified atom stereocenters. The molecule has 1 heterocycles. The summed E-state index contributed by atoms with van der Waals surface area (Å²) in [4.78, 5) is 9.22. The Bertz CT molecular complexity index is 575. The van der Waals surface area contributed by atoms with Crippen LogP contribution in [0.2, 0.25) is 0 Å². The van der Waals surface area contributed by atoms with Crippen molar-refractivity contribution in [2.75, 3.05) is 0 Å². The molecule has 4 heteroatoms. The van der Waals surface area contributed by atoms with Gasteiger partial charge >= 0.3 is 0 Å². The van der Waals surface area contributed by atoms with Crippen molar-refractivity contribution in [1.29, 1.82) is 0 Å². The van der Waals surface area contributed by atoms with E-state index in [0.29, 0.717) is 12.0 Å². The van der Waals surface area contributed by atoms with Crippen LogP contribution in [-0.4, -0.2) is 16.0 Å². The molecule has 0 spiro atoms. The van der Waals surface area contributed by atoms with E-state index in [9.17, 15) is 0 Å². The average Bonchev–Trinajstić information content (AvgIpc) is 2.49. The lowest BCUT2D eigenvalue weighted by Crippen LogP contribution is -2.26. The third-order valence-corrected chi connectivity index (χ3v) is 4.48. The maximum Gasteiger partial charge on any atom is 0.132 e. The molecule has 0 aliphatic heterocycles. The molecule has 0 amide bonds. The quantitative estimate of drug-likeness (QED) is 0.908. The largest absolute Gasteiger partial charge is 0.328 e. The molecule has 1 aromatic carbocycles. The molecule has 20 heavy (non-hydrogen) atoms. The minimum Gasteiger partial charge on any atom is -0.328 e. The molecular formula is C16H18BrN3. The smallest absolute Gasteiger partial charge is 0.132 e. The van der Waals surface area contributed by atoms with Crippen molar-refractivity contribution >= 4 is 15.9 Å². The summed E-state index contributed by atoms with van der Waals surface area (Å²) in [6.07, 6.45) is 6.23. The van der Waals surface area contributed by atoms with Gasteiger partial charge in [-0.05, 0) is 43.9 Å². The van der Waals surface area contributed by atoms with Gasteiger partial charge in [-0.1, -0.05) is 28.1 Å². The third kappa shape index (κ3) is 3.07. The highest BCUT2D eigenvalue weighted by Gasteiger charge is 2.22. The van der Waals surface area contributed by atoms with Crippen LogP contribution in [0.3, 0.4) is 0 Å². The van der Waals surface area contributed by atoms with Gasteiger partial charge in [-0.3, -0.25) is 0 Å². The number of rotatable bonds is 2. The fourth-order valence-corrected chi connectivity index (χ4v) is 2.99. The molecule has 0 saturated heterocycles. The Labute approximate surface area is 127 Å². The van der Waals surface area contributed by atoms with Gasteiger partial charge in [0.1, 0.15) is 5.82 Å². The standard InChI is InChI=1S/C16H18BrN3/c17-13-5-1-11(2-6-13)15-9-10-19-16(20-15)12-3-7-14(18)8-4-12/h1-2,5-6,9-10,12,14H,3-4,7-8,18H2. The van der Waals surface area contributed by atoms with Crippen LogP contribution in [0, 0.1) is 0 Å². The number of benzene rings is 1. The molecule has 2 N–H and O–H groups in total. The first kappa shape index (κ1) is 13.7.